The van der Waals surface area contributed by atoms with Crippen molar-refractivity contribution in [2.45, 2.75) is 43.5 Å². The van der Waals surface area contributed by atoms with Crippen molar-refractivity contribution in [1.29, 1.82) is 0 Å². The van der Waals surface area contributed by atoms with Crippen LogP contribution in [0.5, 0.6) is 11.5 Å². The molecule has 0 unspecified atom stereocenters. The largest absolute Gasteiger partial charge is 0.486 e. The van der Waals surface area contributed by atoms with Gasteiger partial charge in [-0.1, -0.05) is 23.9 Å². The summed E-state index contributed by atoms with van der Waals surface area (Å²) in [5.41, 5.74) is 0. The third kappa shape index (κ3) is 4.05. The van der Waals surface area contributed by atoms with Crippen molar-refractivity contribution in [3.05, 3.63) is 30.1 Å². The Balaban J connectivity index is 1.30. The maximum atomic E-state index is 12.5. The van der Waals surface area contributed by atoms with Crippen LogP contribution in [-0.2, 0) is 11.3 Å². The van der Waals surface area contributed by atoms with Crippen LogP contribution in [0.3, 0.4) is 0 Å². The molecule has 1 aliphatic carbocycles. The van der Waals surface area contributed by atoms with Crippen LogP contribution < -0.4 is 9.47 Å². The number of carbonyl (C=O) groups excluding carboxylic acids is 1. The molecule has 0 spiro atoms. The van der Waals surface area contributed by atoms with Gasteiger partial charge in [0.25, 0.3) is 0 Å². The van der Waals surface area contributed by atoms with E-state index in [1.807, 2.05) is 24.3 Å². The lowest BCUT2D eigenvalue weighted by Crippen LogP contribution is -2.42. The van der Waals surface area contributed by atoms with E-state index < -0.39 is 0 Å². The molecule has 2 aliphatic rings. The topological polar surface area (TPSA) is 69.5 Å². The van der Waals surface area contributed by atoms with Crippen LogP contribution in [0.15, 0.2) is 29.4 Å². The van der Waals surface area contributed by atoms with Gasteiger partial charge < -0.3 is 18.9 Å². The smallest absolute Gasteiger partial charge is 0.232 e. The van der Waals surface area contributed by atoms with Gasteiger partial charge in [-0.05, 0) is 31.9 Å². The molecule has 1 amide bonds. The summed E-state index contributed by atoms with van der Waals surface area (Å²) >= 11 is 1.45. The monoisotopic (exact) mass is 388 g/mol. The summed E-state index contributed by atoms with van der Waals surface area (Å²) in [5.74, 6) is 3.48. The Morgan fingerprint density at radius 1 is 1.30 bits per heavy atom. The lowest BCUT2D eigenvalue weighted by Gasteiger charge is -2.29. The standard InChI is InChI=1S/C19H24N4O3S/c1-3-23-18(13-8-9-13)20-21-19(23)27-12-17(24)22(2)10-14-11-25-15-6-4-5-7-16(15)26-14/h4-7,13-14H,3,8-12H2,1-2H3/t14-/m1/s1. The Bertz CT molecular complexity index is 821. The molecule has 1 aliphatic heterocycles. The van der Waals surface area contributed by atoms with Gasteiger partial charge >= 0.3 is 0 Å². The number of rotatable bonds is 7. The fraction of sp³-hybridized carbons (Fsp3) is 0.526. The molecule has 0 radical (unpaired) electrons. The van der Waals surface area contributed by atoms with Gasteiger partial charge in [0.2, 0.25) is 5.91 Å². The molecule has 1 atom stereocenters. The number of para-hydroxylation sites is 2. The number of ether oxygens (including phenoxy) is 2. The number of hydrogen-bond acceptors (Lipinski definition) is 6. The van der Waals surface area contributed by atoms with Gasteiger partial charge in [-0.3, -0.25) is 4.79 Å². The zero-order valence-electron chi connectivity index (χ0n) is 15.6. The fourth-order valence-corrected chi connectivity index (χ4v) is 4.09. The summed E-state index contributed by atoms with van der Waals surface area (Å²) in [6.45, 7) is 3.85. The van der Waals surface area contributed by atoms with Crippen molar-refractivity contribution in [2.24, 2.45) is 0 Å². The molecule has 1 fully saturated rings. The number of amides is 1. The Morgan fingerprint density at radius 2 is 2.07 bits per heavy atom. The quantitative estimate of drug-likeness (QED) is 0.679. The van der Waals surface area contributed by atoms with Gasteiger partial charge in [0.05, 0.1) is 12.3 Å². The third-order valence-electron chi connectivity index (χ3n) is 4.80. The van der Waals surface area contributed by atoms with E-state index in [1.165, 1.54) is 24.6 Å². The van der Waals surface area contributed by atoms with Gasteiger partial charge in [0.15, 0.2) is 22.8 Å². The number of thioether (sulfide) groups is 1. The summed E-state index contributed by atoms with van der Waals surface area (Å²) in [7, 11) is 1.80. The van der Waals surface area contributed by atoms with Gasteiger partial charge in [-0.15, -0.1) is 10.2 Å². The first-order chi connectivity index (χ1) is 13.2. The predicted octanol–water partition coefficient (Wildman–Crippen LogP) is 2.57. The number of benzene rings is 1. The van der Waals surface area contributed by atoms with E-state index >= 15 is 0 Å². The van der Waals surface area contributed by atoms with E-state index in [4.69, 9.17) is 9.47 Å². The molecular formula is C19H24N4O3S. The second-order valence-corrected chi connectivity index (χ2v) is 7.86. The number of fused-ring (bicyclic) bond motifs is 1. The number of likely N-dealkylation sites (N-methyl/N-ethyl adjacent to an activating group) is 1. The molecule has 2 heterocycles. The molecule has 8 heteroatoms. The maximum absolute atomic E-state index is 12.5. The Morgan fingerprint density at radius 3 is 2.81 bits per heavy atom. The number of aromatic nitrogens is 3. The number of hydrogen-bond donors (Lipinski definition) is 0. The van der Waals surface area contributed by atoms with Gasteiger partial charge in [-0.2, -0.15) is 0 Å². The predicted molar refractivity (Wildman–Crippen MR) is 102 cm³/mol. The molecule has 1 aromatic carbocycles. The molecule has 1 saturated carbocycles. The first-order valence-corrected chi connectivity index (χ1v) is 10.3. The minimum Gasteiger partial charge on any atom is -0.486 e. The van der Waals surface area contributed by atoms with Gasteiger partial charge in [0.1, 0.15) is 12.4 Å². The van der Waals surface area contributed by atoms with Crippen LogP contribution in [-0.4, -0.2) is 57.6 Å². The van der Waals surface area contributed by atoms with Crippen LogP contribution in [0.4, 0.5) is 0 Å². The van der Waals surface area contributed by atoms with E-state index in [2.05, 4.69) is 21.7 Å². The zero-order chi connectivity index (χ0) is 18.8. The van der Waals surface area contributed by atoms with Crippen molar-refractivity contribution in [3.63, 3.8) is 0 Å². The average Bonchev–Trinajstić information content (AvgIpc) is 3.45. The molecule has 4 rings (SSSR count). The van der Waals surface area contributed by atoms with Crippen molar-refractivity contribution in [1.82, 2.24) is 19.7 Å². The summed E-state index contributed by atoms with van der Waals surface area (Å²) in [4.78, 5) is 14.2. The molecule has 0 N–H and O–H groups in total. The minimum atomic E-state index is -0.167. The molecule has 1 aromatic heterocycles. The van der Waals surface area contributed by atoms with E-state index in [9.17, 15) is 4.79 Å². The molecule has 7 nitrogen and oxygen atoms in total. The van der Waals surface area contributed by atoms with Gasteiger partial charge in [-0.25, -0.2) is 0 Å². The Labute approximate surface area is 163 Å². The highest BCUT2D eigenvalue weighted by Gasteiger charge is 2.30. The maximum Gasteiger partial charge on any atom is 0.232 e. The van der Waals surface area contributed by atoms with Crippen LogP contribution in [0.2, 0.25) is 0 Å². The van der Waals surface area contributed by atoms with Crippen LogP contribution >= 0.6 is 11.8 Å². The van der Waals surface area contributed by atoms with E-state index in [-0.39, 0.29) is 12.0 Å². The highest BCUT2D eigenvalue weighted by atomic mass is 32.2. The van der Waals surface area contributed by atoms with E-state index in [0.717, 1.165) is 29.0 Å². The minimum absolute atomic E-state index is 0.0427. The van der Waals surface area contributed by atoms with Crippen molar-refractivity contribution < 1.29 is 14.3 Å². The second-order valence-electron chi connectivity index (χ2n) is 6.92. The molecule has 27 heavy (non-hydrogen) atoms. The van der Waals surface area contributed by atoms with Crippen molar-refractivity contribution >= 4 is 17.7 Å². The highest BCUT2D eigenvalue weighted by molar-refractivity contribution is 7.99. The molecule has 0 saturated heterocycles. The normalized spacial score (nSPS) is 18.4. The van der Waals surface area contributed by atoms with E-state index in [0.29, 0.717) is 24.8 Å². The lowest BCUT2D eigenvalue weighted by atomic mass is 10.2. The van der Waals surface area contributed by atoms with Crippen molar-refractivity contribution in [2.75, 3.05) is 26.0 Å². The lowest BCUT2D eigenvalue weighted by molar-refractivity contribution is -0.128. The average molecular weight is 388 g/mol. The highest BCUT2D eigenvalue weighted by Crippen LogP contribution is 2.40. The first-order valence-electron chi connectivity index (χ1n) is 9.34. The molecule has 0 bridgehead atoms. The van der Waals surface area contributed by atoms with E-state index in [1.54, 1.807) is 11.9 Å². The van der Waals surface area contributed by atoms with Gasteiger partial charge in [0, 0.05) is 19.5 Å². The third-order valence-corrected chi connectivity index (χ3v) is 5.75. The SMILES string of the molecule is CCn1c(SCC(=O)N(C)C[C@@H]2COc3ccccc3O2)nnc1C1CC1. The zero-order valence-corrected chi connectivity index (χ0v) is 16.4. The molecule has 144 valence electrons. The van der Waals surface area contributed by atoms with Crippen LogP contribution in [0, 0.1) is 0 Å². The Kier molecular flexibility index (Phi) is 5.24. The van der Waals surface area contributed by atoms with Crippen molar-refractivity contribution in [3.8, 4) is 11.5 Å². The van der Waals surface area contributed by atoms with Crippen LogP contribution in [0.1, 0.15) is 31.5 Å². The summed E-state index contributed by atoms with van der Waals surface area (Å²) in [5, 5.41) is 9.42. The first kappa shape index (κ1) is 18.2. The fourth-order valence-electron chi connectivity index (χ4n) is 3.14. The number of nitrogens with zero attached hydrogens (tertiary/aromatic N) is 4. The van der Waals surface area contributed by atoms with Crippen LogP contribution in [0.25, 0.3) is 0 Å². The number of carbonyl (C=O) groups is 1. The molecule has 2 aromatic rings. The Hall–Kier alpha value is -2.22. The summed E-state index contributed by atoms with van der Waals surface area (Å²) in [6, 6.07) is 7.60. The second kappa shape index (κ2) is 7.80. The summed E-state index contributed by atoms with van der Waals surface area (Å²) < 4.78 is 13.8. The summed E-state index contributed by atoms with van der Waals surface area (Å²) in [6.07, 6.45) is 2.22. The molecular weight excluding hydrogens is 364 g/mol.